The largest absolute Gasteiger partial charge is 0.302 e. The molecule has 0 atom stereocenters. The van der Waals surface area contributed by atoms with Crippen molar-refractivity contribution in [2.75, 3.05) is 25.4 Å². The van der Waals surface area contributed by atoms with Gasteiger partial charge in [0.15, 0.2) is 0 Å². The normalized spacial score (nSPS) is 23.2. The molecule has 0 saturated carbocycles. The Bertz CT molecular complexity index is 132. The summed E-state index contributed by atoms with van der Waals surface area (Å²) >= 11 is 4.27. The third-order valence-corrected chi connectivity index (χ3v) is 3.63. The van der Waals surface area contributed by atoms with E-state index in [1.54, 1.807) is 0 Å². The van der Waals surface area contributed by atoms with E-state index in [1.165, 1.54) is 38.9 Å². The zero-order valence-electron chi connectivity index (χ0n) is 8.34. The molecule has 0 aromatic rings. The highest BCUT2D eigenvalue weighted by Crippen LogP contribution is 2.36. The summed E-state index contributed by atoms with van der Waals surface area (Å²) in [6.45, 7) is 8.43. The van der Waals surface area contributed by atoms with Gasteiger partial charge in [-0.3, -0.25) is 0 Å². The van der Waals surface area contributed by atoms with E-state index in [4.69, 9.17) is 0 Å². The molecule has 0 aromatic heterocycles. The minimum Gasteiger partial charge on any atom is -0.302 e. The van der Waals surface area contributed by atoms with E-state index in [9.17, 15) is 0 Å². The lowest BCUT2D eigenvalue weighted by molar-refractivity contribution is 0.247. The molecule has 0 N–H and O–H groups in total. The van der Waals surface area contributed by atoms with E-state index in [0.29, 0.717) is 5.41 Å². The summed E-state index contributed by atoms with van der Waals surface area (Å²) < 4.78 is 0. The lowest BCUT2D eigenvalue weighted by Gasteiger charge is -2.26. The highest BCUT2D eigenvalue weighted by molar-refractivity contribution is 7.80. The van der Waals surface area contributed by atoms with Gasteiger partial charge in [0.25, 0.3) is 0 Å². The monoisotopic (exact) mass is 187 g/mol. The van der Waals surface area contributed by atoms with Crippen LogP contribution < -0.4 is 0 Å². The maximum Gasteiger partial charge on any atom is 0.00701 e. The van der Waals surface area contributed by atoms with Gasteiger partial charge >= 0.3 is 0 Å². The summed E-state index contributed by atoms with van der Waals surface area (Å²) in [7, 11) is 0. The first-order valence-electron chi connectivity index (χ1n) is 5.09. The van der Waals surface area contributed by atoms with Crippen molar-refractivity contribution in [2.45, 2.75) is 33.1 Å². The van der Waals surface area contributed by atoms with Crippen molar-refractivity contribution < 1.29 is 0 Å². The Morgan fingerprint density at radius 3 is 2.42 bits per heavy atom. The Morgan fingerprint density at radius 1 is 1.33 bits per heavy atom. The molecular formula is C10H21NS. The second-order valence-electron chi connectivity index (χ2n) is 3.96. The van der Waals surface area contributed by atoms with Crippen LogP contribution in [0.25, 0.3) is 0 Å². The molecule has 0 unspecified atom stereocenters. The molecule has 1 aliphatic rings. The van der Waals surface area contributed by atoms with Crippen LogP contribution in [-0.2, 0) is 0 Å². The van der Waals surface area contributed by atoms with E-state index in [1.807, 2.05) is 0 Å². The highest BCUT2D eigenvalue weighted by atomic mass is 32.1. The summed E-state index contributed by atoms with van der Waals surface area (Å²) in [4.78, 5) is 2.56. The predicted octanol–water partition coefficient (Wildman–Crippen LogP) is 2.43. The Hall–Kier alpha value is 0.310. The Balaban J connectivity index is 2.41. The van der Waals surface area contributed by atoms with Crippen molar-refractivity contribution in [3.63, 3.8) is 0 Å². The number of hydrogen-bond acceptors (Lipinski definition) is 2. The predicted molar refractivity (Wildman–Crippen MR) is 57.9 cm³/mol. The average Bonchev–Trinajstić information content (AvgIpc) is 2.50. The van der Waals surface area contributed by atoms with E-state index >= 15 is 0 Å². The maximum absolute atomic E-state index is 4.27. The molecule has 0 aliphatic carbocycles. The van der Waals surface area contributed by atoms with E-state index in [2.05, 4.69) is 31.4 Å². The molecule has 0 radical (unpaired) electrons. The number of nitrogens with zero attached hydrogens (tertiary/aromatic N) is 1. The van der Waals surface area contributed by atoms with Crippen LogP contribution in [0.2, 0.25) is 0 Å². The first-order valence-corrected chi connectivity index (χ1v) is 5.73. The summed E-state index contributed by atoms with van der Waals surface area (Å²) in [5.41, 5.74) is 0.642. The third-order valence-electron chi connectivity index (χ3n) is 3.43. The molecule has 2 heteroatoms. The first kappa shape index (κ1) is 10.4. The van der Waals surface area contributed by atoms with Gasteiger partial charge in [0.2, 0.25) is 0 Å². The molecule has 0 amide bonds. The molecule has 1 aliphatic heterocycles. The van der Waals surface area contributed by atoms with E-state index in [-0.39, 0.29) is 0 Å². The van der Waals surface area contributed by atoms with Crippen LogP contribution in [-0.4, -0.2) is 30.3 Å². The van der Waals surface area contributed by atoms with Gasteiger partial charge in [-0.25, -0.2) is 0 Å². The quantitative estimate of drug-likeness (QED) is 0.662. The molecule has 1 heterocycles. The van der Waals surface area contributed by atoms with E-state index in [0.717, 1.165) is 5.75 Å². The van der Waals surface area contributed by atoms with Crippen molar-refractivity contribution >= 4 is 12.6 Å². The summed E-state index contributed by atoms with van der Waals surface area (Å²) in [6, 6.07) is 0. The highest BCUT2D eigenvalue weighted by Gasteiger charge is 2.34. The molecule has 12 heavy (non-hydrogen) atoms. The van der Waals surface area contributed by atoms with Crippen molar-refractivity contribution in [3.05, 3.63) is 0 Å². The average molecular weight is 187 g/mol. The van der Waals surface area contributed by atoms with E-state index < -0.39 is 0 Å². The van der Waals surface area contributed by atoms with Gasteiger partial charge in [-0.15, -0.1) is 0 Å². The Kier molecular flexibility index (Phi) is 3.91. The van der Waals surface area contributed by atoms with Gasteiger partial charge in [-0.1, -0.05) is 13.8 Å². The molecule has 72 valence electrons. The third kappa shape index (κ3) is 2.17. The standard InChI is InChI=1S/C10H21NS/c1-3-10(4-2)5-6-11(9-10)7-8-12/h12H,3-9H2,1-2H3. The number of likely N-dealkylation sites (tertiary alicyclic amines) is 1. The van der Waals surface area contributed by atoms with Gasteiger partial charge in [0.1, 0.15) is 0 Å². The van der Waals surface area contributed by atoms with Gasteiger partial charge in [-0.2, -0.15) is 12.6 Å². The van der Waals surface area contributed by atoms with Crippen molar-refractivity contribution in [1.29, 1.82) is 0 Å². The van der Waals surface area contributed by atoms with Gasteiger partial charge in [0.05, 0.1) is 0 Å². The molecule has 1 saturated heterocycles. The number of hydrogen-bond donors (Lipinski definition) is 1. The van der Waals surface area contributed by atoms with Crippen LogP contribution in [0.15, 0.2) is 0 Å². The van der Waals surface area contributed by atoms with Gasteiger partial charge in [-0.05, 0) is 31.2 Å². The summed E-state index contributed by atoms with van der Waals surface area (Å²) in [5.74, 6) is 1.00. The molecule has 0 spiro atoms. The van der Waals surface area contributed by atoms with Crippen LogP contribution in [0.5, 0.6) is 0 Å². The molecule has 1 fully saturated rings. The second kappa shape index (κ2) is 4.52. The SMILES string of the molecule is CCC1(CC)CCN(CCS)C1. The minimum absolute atomic E-state index is 0.642. The van der Waals surface area contributed by atoms with Crippen LogP contribution in [0.1, 0.15) is 33.1 Å². The fraction of sp³-hybridized carbons (Fsp3) is 1.00. The lowest BCUT2D eigenvalue weighted by atomic mass is 9.82. The van der Waals surface area contributed by atoms with Crippen molar-refractivity contribution in [2.24, 2.45) is 5.41 Å². The van der Waals surface area contributed by atoms with Crippen LogP contribution in [0.3, 0.4) is 0 Å². The van der Waals surface area contributed by atoms with Crippen LogP contribution in [0, 0.1) is 5.41 Å². The van der Waals surface area contributed by atoms with Crippen LogP contribution >= 0.6 is 12.6 Å². The smallest absolute Gasteiger partial charge is 0.00701 e. The molecule has 0 bridgehead atoms. The number of rotatable bonds is 4. The molecule has 0 aromatic carbocycles. The molecule has 1 rings (SSSR count). The number of thiol groups is 1. The topological polar surface area (TPSA) is 3.24 Å². The fourth-order valence-electron chi connectivity index (χ4n) is 2.19. The van der Waals surface area contributed by atoms with Gasteiger partial charge < -0.3 is 4.90 Å². The second-order valence-corrected chi connectivity index (χ2v) is 4.40. The Labute approximate surface area is 81.9 Å². The zero-order chi connectivity index (χ0) is 9.03. The molecular weight excluding hydrogens is 166 g/mol. The zero-order valence-corrected chi connectivity index (χ0v) is 9.24. The molecule has 1 nitrogen and oxygen atoms in total. The lowest BCUT2D eigenvalue weighted by Crippen LogP contribution is -2.27. The minimum atomic E-state index is 0.642. The van der Waals surface area contributed by atoms with Crippen molar-refractivity contribution in [3.8, 4) is 0 Å². The van der Waals surface area contributed by atoms with Crippen molar-refractivity contribution in [1.82, 2.24) is 4.90 Å². The first-order chi connectivity index (χ1) is 5.76. The fourth-order valence-corrected chi connectivity index (χ4v) is 2.47. The maximum atomic E-state index is 4.27. The van der Waals surface area contributed by atoms with Crippen LogP contribution in [0.4, 0.5) is 0 Å². The summed E-state index contributed by atoms with van der Waals surface area (Å²) in [6.07, 6.45) is 4.08. The summed E-state index contributed by atoms with van der Waals surface area (Å²) in [5, 5.41) is 0. The Morgan fingerprint density at radius 2 is 2.00 bits per heavy atom. The van der Waals surface area contributed by atoms with Gasteiger partial charge in [0, 0.05) is 18.8 Å².